The van der Waals surface area contributed by atoms with Gasteiger partial charge in [0.1, 0.15) is 0 Å². The predicted octanol–water partition coefficient (Wildman–Crippen LogP) is 10.2. The second-order valence-corrected chi connectivity index (χ2v) is 8.32. The van der Waals surface area contributed by atoms with E-state index < -0.39 is 0 Å². The lowest BCUT2D eigenvalue weighted by Crippen LogP contribution is -1.90. The molecule has 0 aromatic heterocycles. The fraction of sp³-hybridized carbons (Fsp3) is 0. The highest BCUT2D eigenvalue weighted by atomic mass is 35.5. The zero-order chi connectivity index (χ0) is 19.2. The van der Waals surface area contributed by atoms with E-state index in [4.69, 9.17) is 92.8 Å². The zero-order valence-corrected chi connectivity index (χ0v) is 18.5. The van der Waals surface area contributed by atoms with Crippen molar-refractivity contribution >= 4 is 92.8 Å². The van der Waals surface area contributed by atoms with Crippen molar-refractivity contribution in [3.63, 3.8) is 0 Å². The van der Waals surface area contributed by atoms with Crippen LogP contribution in [0.4, 0.5) is 0 Å². The second-order valence-electron chi connectivity index (χ2n) is 5.24. The minimum atomic E-state index is 0.170. The summed E-state index contributed by atoms with van der Waals surface area (Å²) >= 11 is 49.7. The Hall–Kier alpha value is -0.0200. The Kier molecular flexibility index (Phi) is 6.49. The van der Waals surface area contributed by atoms with Crippen LogP contribution in [0.3, 0.4) is 0 Å². The van der Waals surface area contributed by atoms with Gasteiger partial charge in [-0.1, -0.05) is 117 Å². The van der Waals surface area contributed by atoms with Crippen molar-refractivity contribution in [2.24, 2.45) is 0 Å². The molecule has 0 fully saturated rings. The van der Waals surface area contributed by atoms with Crippen molar-refractivity contribution in [2.45, 2.75) is 0 Å². The van der Waals surface area contributed by atoms with Gasteiger partial charge in [-0.2, -0.15) is 0 Å². The van der Waals surface area contributed by atoms with Gasteiger partial charge in [0, 0.05) is 11.1 Å². The molecule has 0 N–H and O–H groups in total. The Balaban J connectivity index is 2.34. The highest BCUT2D eigenvalue weighted by Crippen LogP contribution is 2.48. The Morgan fingerprint density at radius 2 is 0.731 bits per heavy atom. The van der Waals surface area contributed by atoms with Crippen LogP contribution in [0.25, 0.3) is 22.3 Å². The number of rotatable bonds is 2. The van der Waals surface area contributed by atoms with Crippen molar-refractivity contribution < 1.29 is 0 Å². The van der Waals surface area contributed by atoms with E-state index in [1.165, 1.54) is 0 Å². The van der Waals surface area contributed by atoms with Crippen LogP contribution in [-0.2, 0) is 0 Å². The quantitative estimate of drug-likeness (QED) is 0.240. The van der Waals surface area contributed by atoms with Crippen molar-refractivity contribution in [3.05, 3.63) is 76.6 Å². The van der Waals surface area contributed by atoms with Gasteiger partial charge in [0.05, 0.1) is 40.2 Å². The topological polar surface area (TPSA) is 0 Å². The third kappa shape index (κ3) is 3.64. The Morgan fingerprint density at radius 1 is 0.385 bits per heavy atom. The normalized spacial score (nSPS) is 11.1. The van der Waals surface area contributed by atoms with E-state index in [1.807, 2.05) is 24.3 Å². The lowest BCUT2D eigenvalue weighted by molar-refractivity contribution is 1.58. The number of benzene rings is 3. The van der Waals surface area contributed by atoms with Crippen LogP contribution in [0.15, 0.2) is 36.4 Å². The summed E-state index contributed by atoms with van der Waals surface area (Å²) in [5.41, 5.74) is 2.66. The average molecular weight is 506 g/mol. The molecule has 134 valence electrons. The summed E-state index contributed by atoms with van der Waals surface area (Å²) in [5.74, 6) is 0. The molecule has 0 heterocycles. The van der Waals surface area contributed by atoms with Crippen LogP contribution in [-0.4, -0.2) is 0 Å². The van der Waals surface area contributed by atoms with Crippen LogP contribution in [0.5, 0.6) is 0 Å². The van der Waals surface area contributed by atoms with Gasteiger partial charge in [-0.25, -0.2) is 0 Å². The van der Waals surface area contributed by atoms with E-state index in [2.05, 4.69) is 0 Å². The summed E-state index contributed by atoms with van der Waals surface area (Å²) in [6, 6.07) is 10.7. The fourth-order valence-corrected chi connectivity index (χ4v) is 4.30. The van der Waals surface area contributed by atoms with Gasteiger partial charge in [-0.3, -0.25) is 0 Å². The third-order valence-electron chi connectivity index (χ3n) is 3.71. The Morgan fingerprint density at radius 3 is 1.08 bits per heavy atom. The van der Waals surface area contributed by atoms with Gasteiger partial charge < -0.3 is 0 Å². The summed E-state index contributed by atoms with van der Waals surface area (Å²) in [4.78, 5) is 0. The molecule has 8 heteroatoms. The smallest absolute Gasteiger partial charge is 0.0800 e. The molecular formula is C18H6Cl8. The number of hydrogen-bond donors (Lipinski definition) is 0. The molecule has 0 amide bonds. The molecule has 0 spiro atoms. The molecule has 3 rings (SSSR count). The summed E-state index contributed by atoms with van der Waals surface area (Å²) in [6.45, 7) is 0. The number of halogens is 8. The molecule has 0 nitrogen and oxygen atoms in total. The SMILES string of the molecule is Clc1cc(-c2ccccc2-c2cc(Cl)c(Cl)c(Cl)c2Cl)c(Cl)c(Cl)c1Cl. The van der Waals surface area contributed by atoms with Gasteiger partial charge in [0.25, 0.3) is 0 Å². The lowest BCUT2D eigenvalue weighted by Gasteiger charge is -2.16. The summed E-state index contributed by atoms with van der Waals surface area (Å²) in [7, 11) is 0. The molecule has 0 saturated heterocycles. The molecular weight excluding hydrogens is 500 g/mol. The van der Waals surface area contributed by atoms with Crippen molar-refractivity contribution in [3.8, 4) is 22.3 Å². The largest absolute Gasteiger partial charge is 0.0826 e. The number of hydrogen-bond acceptors (Lipinski definition) is 0. The Bertz CT molecular complexity index is 944. The average Bonchev–Trinajstić information content (AvgIpc) is 2.64. The molecule has 3 aromatic carbocycles. The van der Waals surface area contributed by atoms with Crippen LogP contribution in [0.1, 0.15) is 0 Å². The molecule has 0 aliphatic heterocycles. The van der Waals surface area contributed by atoms with E-state index in [0.29, 0.717) is 11.1 Å². The van der Waals surface area contributed by atoms with Gasteiger partial charge in [0.2, 0.25) is 0 Å². The molecule has 3 aromatic rings. The first-order chi connectivity index (χ1) is 12.2. The van der Waals surface area contributed by atoms with E-state index >= 15 is 0 Å². The maximum Gasteiger partial charge on any atom is 0.0800 e. The first-order valence-corrected chi connectivity index (χ1v) is 10.0. The first kappa shape index (κ1) is 20.7. The summed E-state index contributed by atoms with van der Waals surface area (Å²) in [5, 5.41) is 1.83. The van der Waals surface area contributed by atoms with Crippen molar-refractivity contribution in [2.75, 3.05) is 0 Å². The van der Waals surface area contributed by atoms with E-state index in [1.54, 1.807) is 12.1 Å². The highest BCUT2D eigenvalue weighted by molar-refractivity contribution is 6.54. The highest BCUT2D eigenvalue weighted by Gasteiger charge is 2.20. The second kappa shape index (κ2) is 8.15. The molecule has 26 heavy (non-hydrogen) atoms. The zero-order valence-electron chi connectivity index (χ0n) is 12.5. The van der Waals surface area contributed by atoms with Crippen LogP contribution in [0, 0.1) is 0 Å². The monoisotopic (exact) mass is 502 g/mol. The van der Waals surface area contributed by atoms with E-state index in [9.17, 15) is 0 Å². The summed E-state index contributed by atoms with van der Waals surface area (Å²) < 4.78 is 0. The van der Waals surface area contributed by atoms with Crippen LogP contribution < -0.4 is 0 Å². The van der Waals surface area contributed by atoms with Gasteiger partial charge in [0.15, 0.2) is 0 Å². The molecule has 0 saturated carbocycles. The molecule has 0 aliphatic rings. The maximum atomic E-state index is 6.41. The molecule has 0 atom stereocenters. The third-order valence-corrected chi connectivity index (χ3v) is 7.22. The van der Waals surface area contributed by atoms with E-state index in [-0.39, 0.29) is 40.2 Å². The van der Waals surface area contributed by atoms with Crippen molar-refractivity contribution in [1.82, 2.24) is 0 Å². The predicted molar refractivity (Wildman–Crippen MR) is 117 cm³/mol. The summed E-state index contributed by atoms with van der Waals surface area (Å²) in [6.07, 6.45) is 0. The van der Waals surface area contributed by atoms with Crippen LogP contribution in [0.2, 0.25) is 40.2 Å². The maximum absolute atomic E-state index is 6.41. The van der Waals surface area contributed by atoms with Gasteiger partial charge >= 0.3 is 0 Å². The van der Waals surface area contributed by atoms with Gasteiger partial charge in [-0.15, -0.1) is 0 Å². The van der Waals surface area contributed by atoms with Gasteiger partial charge in [-0.05, 0) is 23.3 Å². The lowest BCUT2D eigenvalue weighted by atomic mass is 9.94. The molecule has 0 unspecified atom stereocenters. The van der Waals surface area contributed by atoms with E-state index in [0.717, 1.165) is 11.1 Å². The van der Waals surface area contributed by atoms with Crippen molar-refractivity contribution in [1.29, 1.82) is 0 Å². The first-order valence-electron chi connectivity index (χ1n) is 6.99. The standard InChI is InChI=1S/C18H6Cl8/c19-11-5-9(13(21)17(25)15(11)23)7-3-1-2-4-8(7)10-6-12(20)16(24)18(26)14(10)22/h1-6H. The molecule has 0 radical (unpaired) electrons. The Labute approximate surface area is 190 Å². The van der Waals surface area contributed by atoms with Crippen LogP contribution >= 0.6 is 92.8 Å². The minimum absolute atomic E-state index is 0.170. The molecule has 0 bridgehead atoms. The fourth-order valence-electron chi connectivity index (χ4n) is 2.49. The minimum Gasteiger partial charge on any atom is -0.0826 e. The molecule has 0 aliphatic carbocycles.